The van der Waals surface area contributed by atoms with Gasteiger partial charge in [0.15, 0.2) is 9.84 Å². The van der Waals surface area contributed by atoms with Crippen molar-refractivity contribution in [2.45, 2.75) is 31.3 Å². The fraction of sp³-hybridized carbons (Fsp3) is 0.688. The van der Waals surface area contributed by atoms with Crippen molar-refractivity contribution in [3.63, 3.8) is 0 Å². The Labute approximate surface area is 146 Å². The molecule has 0 radical (unpaired) electrons. The molecule has 136 valence electrons. The van der Waals surface area contributed by atoms with Crippen LogP contribution in [0, 0.1) is 5.92 Å². The number of aryl methyl sites for hydroxylation is 1. The number of hydrogen-bond acceptors (Lipinski definition) is 5. The van der Waals surface area contributed by atoms with Crippen LogP contribution in [0.1, 0.15) is 29.8 Å². The van der Waals surface area contributed by atoms with Crippen LogP contribution in [0.25, 0.3) is 0 Å². The zero-order chi connectivity index (χ0) is 17.8. The second kappa shape index (κ2) is 5.82. The zero-order valence-electron chi connectivity index (χ0n) is 14.2. The molecule has 3 fully saturated rings. The van der Waals surface area contributed by atoms with Crippen molar-refractivity contribution < 1.29 is 18.0 Å². The van der Waals surface area contributed by atoms with Gasteiger partial charge >= 0.3 is 0 Å². The van der Waals surface area contributed by atoms with Crippen LogP contribution in [0.5, 0.6) is 0 Å². The minimum absolute atomic E-state index is 0.0296. The first-order chi connectivity index (χ1) is 11.9. The Morgan fingerprint density at radius 3 is 2.32 bits per heavy atom. The van der Waals surface area contributed by atoms with Crippen molar-refractivity contribution in [1.82, 2.24) is 19.6 Å². The van der Waals surface area contributed by atoms with Crippen molar-refractivity contribution in [1.29, 1.82) is 0 Å². The number of hydrogen-bond donors (Lipinski definition) is 0. The fourth-order valence-electron chi connectivity index (χ4n) is 4.04. The van der Waals surface area contributed by atoms with E-state index in [1.165, 1.54) is 0 Å². The molecule has 8 nitrogen and oxygen atoms in total. The number of carbonyl (C=O) groups is 2. The third kappa shape index (κ3) is 2.84. The molecule has 4 rings (SSSR count). The van der Waals surface area contributed by atoms with Crippen molar-refractivity contribution >= 4 is 21.7 Å². The number of aromatic nitrogens is 2. The Kier molecular flexibility index (Phi) is 3.86. The van der Waals surface area contributed by atoms with Crippen LogP contribution in [0.15, 0.2) is 12.3 Å². The number of nitrogens with zero attached hydrogens (tertiary/aromatic N) is 4. The third-order valence-corrected chi connectivity index (χ3v) is 7.31. The summed E-state index contributed by atoms with van der Waals surface area (Å²) < 4.78 is 26.0. The van der Waals surface area contributed by atoms with Crippen molar-refractivity contribution in [3.05, 3.63) is 18.0 Å². The topological polar surface area (TPSA) is 92.6 Å². The van der Waals surface area contributed by atoms with Crippen LogP contribution in [-0.4, -0.2) is 76.5 Å². The van der Waals surface area contributed by atoms with Gasteiger partial charge in [0.2, 0.25) is 5.91 Å². The van der Waals surface area contributed by atoms with Gasteiger partial charge in [-0.05, 0) is 18.9 Å². The summed E-state index contributed by atoms with van der Waals surface area (Å²) in [5.41, 5.74) is 0.310. The van der Waals surface area contributed by atoms with Gasteiger partial charge < -0.3 is 9.80 Å². The number of piperazine rings is 1. The van der Waals surface area contributed by atoms with E-state index < -0.39 is 21.9 Å². The number of sulfone groups is 1. The Balaban J connectivity index is 1.60. The standard InChI is InChI=1S/C16H22N4O4S/c1-18-6-5-12(17-18)16(22)20-8-7-19(15(21)11-3-2-4-11)13-9-25(23,24)10-14(13)20/h5-6,11,13-14H,2-4,7-10H2,1H3. The number of amides is 2. The van der Waals surface area contributed by atoms with Crippen molar-refractivity contribution in [2.75, 3.05) is 24.6 Å². The van der Waals surface area contributed by atoms with Crippen molar-refractivity contribution in [2.24, 2.45) is 13.0 Å². The van der Waals surface area contributed by atoms with E-state index in [-0.39, 0.29) is 29.2 Å². The summed E-state index contributed by atoms with van der Waals surface area (Å²) in [5, 5.41) is 4.14. The van der Waals surface area contributed by atoms with Gasteiger partial charge in [-0.3, -0.25) is 14.3 Å². The molecular weight excluding hydrogens is 344 g/mol. The maximum atomic E-state index is 12.8. The highest BCUT2D eigenvalue weighted by atomic mass is 32.2. The molecule has 2 atom stereocenters. The van der Waals surface area contributed by atoms with E-state index in [1.54, 1.807) is 33.8 Å². The van der Waals surface area contributed by atoms with Crippen molar-refractivity contribution in [3.8, 4) is 0 Å². The molecule has 3 heterocycles. The first-order valence-electron chi connectivity index (χ1n) is 8.67. The Hall–Kier alpha value is -1.90. The Bertz CT molecular complexity index is 814. The average Bonchev–Trinajstić information content (AvgIpc) is 3.05. The van der Waals surface area contributed by atoms with E-state index in [0.717, 1.165) is 19.3 Å². The predicted octanol–water partition coefficient (Wildman–Crippen LogP) is -0.330. The van der Waals surface area contributed by atoms with E-state index in [9.17, 15) is 18.0 Å². The molecule has 0 aromatic carbocycles. The number of fused-ring (bicyclic) bond motifs is 1. The molecule has 2 saturated heterocycles. The summed E-state index contributed by atoms with van der Waals surface area (Å²) in [5.74, 6) is -0.305. The van der Waals surface area contributed by atoms with Crippen LogP contribution >= 0.6 is 0 Å². The first kappa shape index (κ1) is 16.6. The highest BCUT2D eigenvalue weighted by Gasteiger charge is 2.50. The van der Waals surface area contributed by atoms with Gasteiger partial charge in [0, 0.05) is 32.3 Å². The highest BCUT2D eigenvalue weighted by molar-refractivity contribution is 7.91. The fourth-order valence-corrected chi connectivity index (χ4v) is 6.03. The van der Waals surface area contributed by atoms with Gasteiger partial charge in [0.05, 0.1) is 23.6 Å². The summed E-state index contributed by atoms with van der Waals surface area (Å²) in [7, 11) is -1.54. The summed E-state index contributed by atoms with van der Waals surface area (Å²) in [6, 6.07) is 0.726. The molecular formula is C16H22N4O4S. The van der Waals surface area contributed by atoms with Crippen LogP contribution in [-0.2, 0) is 21.7 Å². The van der Waals surface area contributed by atoms with Gasteiger partial charge in [-0.2, -0.15) is 5.10 Å². The maximum Gasteiger partial charge on any atom is 0.274 e. The van der Waals surface area contributed by atoms with Crippen LogP contribution in [0.2, 0.25) is 0 Å². The molecule has 2 aliphatic heterocycles. The monoisotopic (exact) mass is 366 g/mol. The number of carbonyl (C=O) groups excluding carboxylic acids is 2. The average molecular weight is 366 g/mol. The number of rotatable bonds is 2. The third-order valence-electron chi connectivity index (χ3n) is 5.61. The van der Waals surface area contributed by atoms with Gasteiger partial charge in [-0.25, -0.2) is 8.42 Å². The van der Waals surface area contributed by atoms with E-state index in [0.29, 0.717) is 18.8 Å². The smallest absolute Gasteiger partial charge is 0.274 e. The van der Waals surface area contributed by atoms with E-state index in [4.69, 9.17) is 0 Å². The van der Waals surface area contributed by atoms with E-state index in [2.05, 4.69) is 5.10 Å². The molecule has 0 N–H and O–H groups in total. The maximum absolute atomic E-state index is 12.8. The molecule has 1 saturated carbocycles. The second-order valence-corrected chi connectivity index (χ2v) is 9.40. The summed E-state index contributed by atoms with van der Waals surface area (Å²) in [4.78, 5) is 28.8. The summed E-state index contributed by atoms with van der Waals surface area (Å²) in [6.07, 6.45) is 4.51. The molecule has 0 bridgehead atoms. The first-order valence-corrected chi connectivity index (χ1v) is 10.5. The molecule has 1 aromatic rings. The minimum Gasteiger partial charge on any atom is -0.335 e. The predicted molar refractivity (Wildman–Crippen MR) is 89.5 cm³/mol. The van der Waals surface area contributed by atoms with E-state index >= 15 is 0 Å². The highest BCUT2D eigenvalue weighted by Crippen LogP contribution is 2.33. The molecule has 2 unspecified atom stereocenters. The molecule has 0 spiro atoms. The quantitative estimate of drug-likeness (QED) is 0.715. The van der Waals surface area contributed by atoms with Crippen LogP contribution < -0.4 is 0 Å². The lowest BCUT2D eigenvalue weighted by Crippen LogP contribution is -2.63. The molecule has 25 heavy (non-hydrogen) atoms. The van der Waals surface area contributed by atoms with E-state index in [1.807, 2.05) is 0 Å². The minimum atomic E-state index is -3.27. The molecule has 9 heteroatoms. The molecule has 2 amide bonds. The molecule has 3 aliphatic rings. The van der Waals surface area contributed by atoms with Gasteiger partial charge in [-0.15, -0.1) is 0 Å². The van der Waals surface area contributed by atoms with Crippen LogP contribution in [0.3, 0.4) is 0 Å². The zero-order valence-corrected chi connectivity index (χ0v) is 15.0. The summed E-state index contributed by atoms with van der Waals surface area (Å²) >= 11 is 0. The lowest BCUT2D eigenvalue weighted by Gasteiger charge is -2.45. The Morgan fingerprint density at radius 2 is 1.76 bits per heavy atom. The largest absolute Gasteiger partial charge is 0.335 e. The van der Waals surface area contributed by atoms with Gasteiger partial charge in [-0.1, -0.05) is 6.42 Å². The van der Waals surface area contributed by atoms with Gasteiger partial charge in [0.1, 0.15) is 5.69 Å². The van der Waals surface area contributed by atoms with Gasteiger partial charge in [0.25, 0.3) is 5.91 Å². The molecule has 1 aliphatic carbocycles. The summed E-state index contributed by atoms with van der Waals surface area (Å²) in [6.45, 7) is 0.745. The molecule has 1 aromatic heterocycles. The van der Waals surface area contributed by atoms with Crippen LogP contribution in [0.4, 0.5) is 0 Å². The lowest BCUT2D eigenvalue weighted by atomic mass is 9.83. The SMILES string of the molecule is Cn1ccc(C(=O)N2CCN(C(=O)C3CCC3)C3CS(=O)(=O)CC32)n1. The Morgan fingerprint density at radius 1 is 1.12 bits per heavy atom. The lowest BCUT2D eigenvalue weighted by molar-refractivity contribution is -0.143. The normalized spacial score (nSPS) is 28.5. The second-order valence-electron chi connectivity index (χ2n) is 7.24.